The molecule has 0 radical (unpaired) electrons. The third kappa shape index (κ3) is 3.15. The van der Waals surface area contributed by atoms with Gasteiger partial charge in [0.05, 0.1) is 12.7 Å². The summed E-state index contributed by atoms with van der Waals surface area (Å²) >= 11 is 0. The average Bonchev–Trinajstić information content (AvgIpc) is 2.81. The van der Waals surface area contributed by atoms with Crippen molar-refractivity contribution in [3.05, 3.63) is 23.8 Å². The molecule has 18 heavy (non-hydrogen) atoms. The molecule has 0 saturated heterocycles. The van der Waals surface area contributed by atoms with Gasteiger partial charge in [0, 0.05) is 6.54 Å². The lowest BCUT2D eigenvalue weighted by atomic mass is 10.1. The van der Waals surface area contributed by atoms with Crippen molar-refractivity contribution >= 4 is 0 Å². The van der Waals surface area contributed by atoms with Crippen molar-refractivity contribution in [1.29, 1.82) is 0 Å². The topological polar surface area (TPSA) is 39.7 Å². The zero-order valence-corrected chi connectivity index (χ0v) is 11.2. The summed E-state index contributed by atoms with van der Waals surface area (Å²) in [6, 6.07) is 5.94. The van der Waals surface area contributed by atoms with E-state index in [0.29, 0.717) is 19.3 Å². The van der Waals surface area contributed by atoms with Gasteiger partial charge in [-0.1, -0.05) is 19.9 Å². The van der Waals surface area contributed by atoms with Crippen molar-refractivity contribution in [2.75, 3.05) is 20.4 Å². The standard InChI is InChI=1S/C14H21NO3/c1-10(2)14(7-15-3)16-8-11-4-5-12-13(6-11)18-9-17-12/h4-6,10,14-15H,7-9H2,1-3H3. The second-order valence-corrected chi connectivity index (χ2v) is 4.84. The minimum atomic E-state index is 0.223. The van der Waals surface area contributed by atoms with Gasteiger partial charge >= 0.3 is 0 Å². The number of hydrogen-bond acceptors (Lipinski definition) is 4. The fourth-order valence-corrected chi connectivity index (χ4v) is 1.92. The Balaban J connectivity index is 1.93. The van der Waals surface area contributed by atoms with E-state index in [4.69, 9.17) is 14.2 Å². The maximum atomic E-state index is 5.93. The van der Waals surface area contributed by atoms with Crippen molar-refractivity contribution in [3.63, 3.8) is 0 Å². The van der Waals surface area contributed by atoms with Gasteiger partial charge < -0.3 is 19.5 Å². The van der Waals surface area contributed by atoms with E-state index in [1.807, 2.05) is 25.2 Å². The van der Waals surface area contributed by atoms with Crippen LogP contribution in [-0.2, 0) is 11.3 Å². The summed E-state index contributed by atoms with van der Waals surface area (Å²) in [6.45, 7) is 6.11. The monoisotopic (exact) mass is 251 g/mol. The van der Waals surface area contributed by atoms with Gasteiger partial charge in [-0.05, 0) is 30.7 Å². The van der Waals surface area contributed by atoms with Crippen LogP contribution >= 0.6 is 0 Å². The minimum absolute atomic E-state index is 0.223. The highest BCUT2D eigenvalue weighted by molar-refractivity contribution is 5.44. The molecule has 4 heteroatoms. The van der Waals surface area contributed by atoms with Crippen LogP contribution in [0.1, 0.15) is 19.4 Å². The van der Waals surface area contributed by atoms with E-state index in [1.54, 1.807) is 0 Å². The van der Waals surface area contributed by atoms with Gasteiger partial charge in [0.2, 0.25) is 6.79 Å². The average molecular weight is 251 g/mol. The van der Waals surface area contributed by atoms with E-state index >= 15 is 0 Å². The number of benzene rings is 1. The molecule has 2 rings (SSSR count). The third-order valence-electron chi connectivity index (χ3n) is 3.05. The molecular weight excluding hydrogens is 230 g/mol. The molecule has 1 heterocycles. The SMILES string of the molecule is CNCC(OCc1ccc2c(c1)OCO2)C(C)C. The molecular formula is C14H21NO3. The van der Waals surface area contributed by atoms with Crippen LogP contribution in [0.3, 0.4) is 0 Å². The Morgan fingerprint density at radius 1 is 1.28 bits per heavy atom. The Labute approximate surface area is 108 Å². The van der Waals surface area contributed by atoms with Crippen molar-refractivity contribution in [3.8, 4) is 11.5 Å². The predicted molar refractivity (Wildman–Crippen MR) is 69.9 cm³/mol. The summed E-state index contributed by atoms with van der Waals surface area (Å²) in [5, 5.41) is 3.16. The first-order chi connectivity index (χ1) is 8.70. The second kappa shape index (κ2) is 6.07. The molecule has 1 aliphatic rings. The summed E-state index contributed by atoms with van der Waals surface area (Å²) in [6.07, 6.45) is 0.223. The van der Waals surface area contributed by atoms with Crippen molar-refractivity contribution in [2.45, 2.75) is 26.6 Å². The molecule has 0 aromatic heterocycles. The van der Waals surface area contributed by atoms with Crippen LogP contribution in [0.4, 0.5) is 0 Å². The number of ether oxygens (including phenoxy) is 3. The molecule has 1 atom stereocenters. The molecule has 4 nitrogen and oxygen atoms in total. The fraction of sp³-hybridized carbons (Fsp3) is 0.571. The number of fused-ring (bicyclic) bond motifs is 1. The van der Waals surface area contributed by atoms with E-state index in [-0.39, 0.29) is 6.10 Å². The number of nitrogens with one attached hydrogen (secondary N) is 1. The summed E-state index contributed by atoms with van der Waals surface area (Å²) in [5.74, 6) is 2.12. The second-order valence-electron chi connectivity index (χ2n) is 4.84. The highest BCUT2D eigenvalue weighted by atomic mass is 16.7. The Morgan fingerprint density at radius 3 is 2.78 bits per heavy atom. The molecule has 0 aliphatic carbocycles. The van der Waals surface area contributed by atoms with Crippen LogP contribution in [0.25, 0.3) is 0 Å². The number of hydrogen-bond donors (Lipinski definition) is 1. The molecule has 0 saturated carbocycles. The highest BCUT2D eigenvalue weighted by Gasteiger charge is 2.15. The molecule has 1 N–H and O–H groups in total. The van der Waals surface area contributed by atoms with Crippen molar-refractivity contribution in [2.24, 2.45) is 5.92 Å². The summed E-state index contributed by atoms with van der Waals surface area (Å²) in [7, 11) is 1.94. The Morgan fingerprint density at radius 2 is 2.06 bits per heavy atom. The van der Waals surface area contributed by atoms with Gasteiger partial charge in [-0.2, -0.15) is 0 Å². The molecule has 100 valence electrons. The van der Waals surface area contributed by atoms with E-state index < -0.39 is 0 Å². The first kappa shape index (κ1) is 13.2. The highest BCUT2D eigenvalue weighted by Crippen LogP contribution is 2.32. The quantitative estimate of drug-likeness (QED) is 0.841. The van der Waals surface area contributed by atoms with Gasteiger partial charge in [0.25, 0.3) is 0 Å². The van der Waals surface area contributed by atoms with E-state index in [9.17, 15) is 0 Å². The Bertz CT molecular complexity index is 393. The molecule has 1 aromatic carbocycles. The lowest BCUT2D eigenvalue weighted by Crippen LogP contribution is -2.31. The molecule has 0 fully saturated rings. The first-order valence-corrected chi connectivity index (χ1v) is 6.35. The van der Waals surface area contributed by atoms with E-state index in [0.717, 1.165) is 23.6 Å². The zero-order chi connectivity index (χ0) is 13.0. The molecule has 0 amide bonds. The zero-order valence-electron chi connectivity index (χ0n) is 11.2. The molecule has 1 aromatic rings. The normalized spacial score (nSPS) is 15.1. The third-order valence-corrected chi connectivity index (χ3v) is 3.05. The molecule has 1 aliphatic heterocycles. The fourth-order valence-electron chi connectivity index (χ4n) is 1.92. The lowest BCUT2D eigenvalue weighted by Gasteiger charge is -2.21. The van der Waals surface area contributed by atoms with Gasteiger partial charge in [0.15, 0.2) is 11.5 Å². The Hall–Kier alpha value is -1.26. The molecule has 0 spiro atoms. The largest absolute Gasteiger partial charge is 0.454 e. The number of rotatable bonds is 6. The first-order valence-electron chi connectivity index (χ1n) is 6.35. The van der Waals surface area contributed by atoms with Crippen LogP contribution in [0.15, 0.2) is 18.2 Å². The summed E-state index contributed by atoms with van der Waals surface area (Å²) in [4.78, 5) is 0. The summed E-state index contributed by atoms with van der Waals surface area (Å²) < 4.78 is 16.6. The van der Waals surface area contributed by atoms with Gasteiger partial charge in [-0.3, -0.25) is 0 Å². The van der Waals surface area contributed by atoms with Crippen molar-refractivity contribution < 1.29 is 14.2 Å². The van der Waals surface area contributed by atoms with Crippen LogP contribution in [0.2, 0.25) is 0 Å². The van der Waals surface area contributed by atoms with Crippen LogP contribution in [0, 0.1) is 5.92 Å². The van der Waals surface area contributed by atoms with Gasteiger partial charge in [-0.25, -0.2) is 0 Å². The van der Waals surface area contributed by atoms with Gasteiger partial charge in [-0.15, -0.1) is 0 Å². The predicted octanol–water partition coefficient (Wildman–Crippen LogP) is 2.18. The smallest absolute Gasteiger partial charge is 0.231 e. The van der Waals surface area contributed by atoms with E-state index in [1.165, 1.54) is 0 Å². The molecule has 0 bridgehead atoms. The van der Waals surface area contributed by atoms with Crippen molar-refractivity contribution in [1.82, 2.24) is 5.32 Å². The maximum absolute atomic E-state index is 5.93. The summed E-state index contributed by atoms with van der Waals surface area (Å²) in [5.41, 5.74) is 1.11. The molecule has 1 unspecified atom stereocenters. The maximum Gasteiger partial charge on any atom is 0.231 e. The van der Waals surface area contributed by atoms with Gasteiger partial charge in [0.1, 0.15) is 0 Å². The minimum Gasteiger partial charge on any atom is -0.454 e. The van der Waals surface area contributed by atoms with Crippen LogP contribution in [-0.4, -0.2) is 26.5 Å². The van der Waals surface area contributed by atoms with Crippen LogP contribution < -0.4 is 14.8 Å². The Kier molecular flexibility index (Phi) is 4.44. The van der Waals surface area contributed by atoms with Crippen LogP contribution in [0.5, 0.6) is 11.5 Å². The number of likely N-dealkylation sites (N-methyl/N-ethyl adjacent to an activating group) is 1. The lowest BCUT2D eigenvalue weighted by molar-refractivity contribution is 0.0124. The van der Waals surface area contributed by atoms with E-state index in [2.05, 4.69) is 19.2 Å².